The molecule has 0 aliphatic rings. The average molecular weight is 347 g/mol. The van der Waals surface area contributed by atoms with Gasteiger partial charge < -0.3 is 24.6 Å². The van der Waals surface area contributed by atoms with Crippen LogP contribution in [0.1, 0.15) is 25.6 Å². The zero-order valence-corrected chi connectivity index (χ0v) is 15.1. The van der Waals surface area contributed by atoms with Gasteiger partial charge in [0.15, 0.2) is 23.3 Å². The van der Waals surface area contributed by atoms with Crippen molar-refractivity contribution in [2.24, 2.45) is 4.99 Å². The van der Waals surface area contributed by atoms with Crippen molar-refractivity contribution in [2.75, 3.05) is 20.2 Å². The second-order valence-corrected chi connectivity index (χ2v) is 5.39. The van der Waals surface area contributed by atoms with Crippen LogP contribution in [0.25, 0.3) is 0 Å². The number of aryl methyl sites for hydroxylation is 1. The Labute approximate surface area is 147 Å². The molecule has 0 spiro atoms. The van der Waals surface area contributed by atoms with Crippen LogP contribution in [0.2, 0.25) is 0 Å². The lowest BCUT2D eigenvalue weighted by Crippen LogP contribution is -2.41. The van der Waals surface area contributed by atoms with Gasteiger partial charge in [0.25, 0.3) is 0 Å². The first-order valence-electron chi connectivity index (χ1n) is 8.23. The van der Waals surface area contributed by atoms with Gasteiger partial charge in [-0.15, -0.1) is 0 Å². The van der Waals surface area contributed by atoms with Gasteiger partial charge in [0.1, 0.15) is 12.6 Å². The van der Waals surface area contributed by atoms with Crippen LogP contribution in [0.4, 0.5) is 0 Å². The summed E-state index contributed by atoms with van der Waals surface area (Å²) in [7, 11) is 1.63. The highest BCUT2D eigenvalue weighted by atomic mass is 16.5. The van der Waals surface area contributed by atoms with Crippen LogP contribution in [0.15, 0.2) is 33.8 Å². The third-order valence-corrected chi connectivity index (χ3v) is 3.24. The number of ether oxygens (including phenoxy) is 2. The summed E-state index contributed by atoms with van der Waals surface area (Å²) in [6, 6.07) is 7.57. The standard InChI is InChI=1S/C17H25N5O3/c1-5-18-17(20-11-16-21-13(3)22-25-16)19-10-12(2)24-15-9-7-6-8-14(15)23-4/h6-9,12H,5,10-11H2,1-4H3,(H2,18,19,20). The van der Waals surface area contributed by atoms with Crippen molar-refractivity contribution in [1.29, 1.82) is 0 Å². The molecule has 0 radical (unpaired) electrons. The maximum atomic E-state index is 5.92. The van der Waals surface area contributed by atoms with Gasteiger partial charge in [-0.1, -0.05) is 17.3 Å². The topological polar surface area (TPSA) is 93.8 Å². The van der Waals surface area contributed by atoms with Crippen LogP contribution in [-0.2, 0) is 6.54 Å². The lowest BCUT2D eigenvalue weighted by atomic mass is 10.3. The van der Waals surface area contributed by atoms with Crippen molar-refractivity contribution in [3.63, 3.8) is 0 Å². The van der Waals surface area contributed by atoms with E-state index >= 15 is 0 Å². The smallest absolute Gasteiger partial charge is 0.248 e. The predicted molar refractivity (Wildman–Crippen MR) is 94.9 cm³/mol. The molecule has 8 nitrogen and oxygen atoms in total. The average Bonchev–Trinajstić information content (AvgIpc) is 3.03. The number of aromatic nitrogens is 2. The first-order valence-corrected chi connectivity index (χ1v) is 8.23. The molecule has 2 rings (SSSR count). The zero-order chi connectivity index (χ0) is 18.1. The number of aliphatic imine (C=N–C) groups is 1. The van der Waals surface area contributed by atoms with E-state index < -0.39 is 0 Å². The minimum Gasteiger partial charge on any atom is -0.493 e. The number of methoxy groups -OCH3 is 1. The van der Waals surface area contributed by atoms with Crippen molar-refractivity contribution in [3.8, 4) is 11.5 Å². The van der Waals surface area contributed by atoms with Crippen LogP contribution in [0.3, 0.4) is 0 Å². The van der Waals surface area contributed by atoms with E-state index in [1.54, 1.807) is 14.0 Å². The summed E-state index contributed by atoms with van der Waals surface area (Å²) >= 11 is 0. The Hall–Kier alpha value is -2.77. The molecule has 0 amide bonds. The van der Waals surface area contributed by atoms with Crippen LogP contribution in [-0.4, -0.2) is 42.4 Å². The molecule has 0 bridgehead atoms. The molecule has 0 saturated heterocycles. The van der Waals surface area contributed by atoms with E-state index in [1.165, 1.54) is 0 Å². The molecule has 1 unspecified atom stereocenters. The summed E-state index contributed by atoms with van der Waals surface area (Å²) in [6.45, 7) is 7.39. The third-order valence-electron chi connectivity index (χ3n) is 3.24. The van der Waals surface area contributed by atoms with E-state index in [1.807, 2.05) is 38.1 Å². The van der Waals surface area contributed by atoms with Gasteiger partial charge in [0, 0.05) is 6.54 Å². The molecule has 1 aromatic heterocycles. The van der Waals surface area contributed by atoms with E-state index in [4.69, 9.17) is 14.0 Å². The van der Waals surface area contributed by atoms with Gasteiger partial charge in [-0.2, -0.15) is 4.98 Å². The summed E-state index contributed by atoms with van der Waals surface area (Å²) < 4.78 is 16.3. The number of hydrogen-bond acceptors (Lipinski definition) is 6. The lowest BCUT2D eigenvalue weighted by Gasteiger charge is -2.18. The van der Waals surface area contributed by atoms with Crippen LogP contribution in [0.5, 0.6) is 11.5 Å². The number of benzene rings is 1. The molecule has 0 aliphatic heterocycles. The monoisotopic (exact) mass is 347 g/mol. The maximum Gasteiger partial charge on any atom is 0.248 e. The molecule has 0 fully saturated rings. The van der Waals surface area contributed by atoms with E-state index in [0.29, 0.717) is 42.3 Å². The van der Waals surface area contributed by atoms with E-state index in [2.05, 4.69) is 25.8 Å². The number of hydrogen-bond donors (Lipinski definition) is 2. The molecule has 25 heavy (non-hydrogen) atoms. The summed E-state index contributed by atoms with van der Waals surface area (Å²) in [6.07, 6.45) is -0.0780. The third kappa shape index (κ3) is 5.98. The second-order valence-electron chi connectivity index (χ2n) is 5.39. The number of para-hydroxylation sites is 2. The number of nitrogens with one attached hydrogen (secondary N) is 2. The summed E-state index contributed by atoms with van der Waals surface area (Å²) in [5, 5.41) is 10.2. The fourth-order valence-corrected chi connectivity index (χ4v) is 2.11. The normalized spacial score (nSPS) is 12.6. The molecule has 8 heteroatoms. The Morgan fingerprint density at radius 2 is 2.04 bits per heavy atom. The number of rotatable bonds is 8. The lowest BCUT2D eigenvalue weighted by molar-refractivity contribution is 0.213. The summed E-state index contributed by atoms with van der Waals surface area (Å²) in [5.41, 5.74) is 0. The minimum atomic E-state index is -0.0780. The van der Waals surface area contributed by atoms with Crippen LogP contribution in [0, 0.1) is 6.92 Å². The predicted octanol–water partition coefficient (Wildman–Crippen LogP) is 1.91. The second kappa shape index (κ2) is 9.51. The maximum absolute atomic E-state index is 5.92. The number of nitrogens with zero attached hydrogens (tertiary/aromatic N) is 3. The van der Waals surface area contributed by atoms with Crippen LogP contribution < -0.4 is 20.1 Å². The molecule has 0 saturated carbocycles. The van der Waals surface area contributed by atoms with Crippen molar-refractivity contribution < 1.29 is 14.0 Å². The molecule has 2 aromatic rings. The Kier molecular flexibility index (Phi) is 7.06. The fraction of sp³-hybridized carbons (Fsp3) is 0.471. The largest absolute Gasteiger partial charge is 0.493 e. The molecule has 0 aliphatic carbocycles. The minimum absolute atomic E-state index is 0.0780. The van der Waals surface area contributed by atoms with Gasteiger partial charge >= 0.3 is 0 Å². The molecule has 2 N–H and O–H groups in total. The molecule has 1 aromatic carbocycles. The van der Waals surface area contributed by atoms with E-state index in [0.717, 1.165) is 6.54 Å². The quantitative estimate of drug-likeness (QED) is 0.556. The summed E-state index contributed by atoms with van der Waals surface area (Å²) in [4.78, 5) is 8.56. The number of guanidine groups is 1. The highest BCUT2D eigenvalue weighted by Gasteiger charge is 2.10. The fourth-order valence-electron chi connectivity index (χ4n) is 2.11. The highest BCUT2D eigenvalue weighted by Crippen LogP contribution is 2.26. The molecular weight excluding hydrogens is 322 g/mol. The molecule has 1 atom stereocenters. The first kappa shape index (κ1) is 18.6. The van der Waals surface area contributed by atoms with Crippen molar-refractivity contribution in [3.05, 3.63) is 36.0 Å². The van der Waals surface area contributed by atoms with Gasteiger partial charge in [0.05, 0.1) is 13.7 Å². The van der Waals surface area contributed by atoms with Gasteiger partial charge in [-0.25, -0.2) is 4.99 Å². The Balaban J connectivity index is 1.88. The Morgan fingerprint density at radius 3 is 2.68 bits per heavy atom. The molecule has 1 heterocycles. The van der Waals surface area contributed by atoms with Crippen LogP contribution >= 0.6 is 0 Å². The molecule has 136 valence electrons. The highest BCUT2D eigenvalue weighted by molar-refractivity contribution is 5.79. The van der Waals surface area contributed by atoms with Gasteiger partial charge in [0.2, 0.25) is 5.89 Å². The summed E-state index contributed by atoms with van der Waals surface area (Å²) in [5.74, 6) is 3.16. The van der Waals surface area contributed by atoms with Crippen molar-refractivity contribution in [1.82, 2.24) is 20.8 Å². The first-order chi connectivity index (χ1) is 12.1. The molecular formula is C17H25N5O3. The van der Waals surface area contributed by atoms with E-state index in [9.17, 15) is 0 Å². The van der Waals surface area contributed by atoms with Gasteiger partial charge in [-0.3, -0.25) is 0 Å². The Morgan fingerprint density at radius 1 is 1.28 bits per heavy atom. The van der Waals surface area contributed by atoms with Crippen molar-refractivity contribution >= 4 is 5.96 Å². The van der Waals surface area contributed by atoms with E-state index in [-0.39, 0.29) is 6.10 Å². The Bertz CT molecular complexity index is 686. The van der Waals surface area contributed by atoms with Crippen molar-refractivity contribution in [2.45, 2.75) is 33.4 Å². The van der Waals surface area contributed by atoms with Gasteiger partial charge in [-0.05, 0) is 32.9 Å². The SMILES string of the molecule is CCNC(=NCc1nc(C)no1)NCC(C)Oc1ccccc1OC. The zero-order valence-electron chi connectivity index (χ0n) is 15.1.